The quantitative estimate of drug-likeness (QED) is 0.371. The first-order chi connectivity index (χ1) is 15.8. The van der Waals surface area contributed by atoms with Gasteiger partial charge in [-0.25, -0.2) is 0 Å². The van der Waals surface area contributed by atoms with Crippen molar-refractivity contribution in [3.05, 3.63) is 108 Å². The number of benzene rings is 3. The molecule has 0 bridgehead atoms. The van der Waals surface area contributed by atoms with Crippen LogP contribution in [0.2, 0.25) is 0 Å². The highest BCUT2D eigenvalue weighted by Crippen LogP contribution is 2.28. The first-order valence-electron chi connectivity index (χ1n) is 12.4. The summed E-state index contributed by atoms with van der Waals surface area (Å²) in [7, 11) is 0. The summed E-state index contributed by atoms with van der Waals surface area (Å²) in [5.41, 5.74) is 4.35. The lowest BCUT2D eigenvalue weighted by molar-refractivity contribution is 0.0779. The van der Waals surface area contributed by atoms with E-state index >= 15 is 0 Å². The van der Waals surface area contributed by atoms with Crippen LogP contribution in [-0.2, 0) is 12.8 Å². The minimum Gasteiger partial charge on any atom is -0.303 e. The highest BCUT2D eigenvalue weighted by molar-refractivity contribution is 5.19. The summed E-state index contributed by atoms with van der Waals surface area (Å²) in [4.78, 5) is 5.46. The molecular weight excluding hydrogens is 388 g/mol. The molecule has 168 valence electrons. The predicted molar refractivity (Wildman–Crippen MR) is 136 cm³/mol. The highest BCUT2D eigenvalue weighted by Gasteiger charge is 2.28. The number of likely N-dealkylation sites (tertiary alicyclic amines) is 1. The van der Waals surface area contributed by atoms with E-state index in [0.29, 0.717) is 12.1 Å². The molecule has 1 aliphatic rings. The van der Waals surface area contributed by atoms with Crippen molar-refractivity contribution in [1.29, 1.82) is 0 Å². The molecule has 2 nitrogen and oxygen atoms in total. The molecule has 2 heteroatoms. The van der Waals surface area contributed by atoms with Gasteiger partial charge in [0.25, 0.3) is 0 Å². The first-order valence-corrected chi connectivity index (χ1v) is 12.4. The van der Waals surface area contributed by atoms with Crippen molar-refractivity contribution in [2.45, 2.75) is 51.1 Å². The average Bonchev–Trinajstić information content (AvgIpc) is 2.87. The smallest absolute Gasteiger partial charge is 0.0322 e. The molecule has 0 amide bonds. The van der Waals surface area contributed by atoms with Gasteiger partial charge in [-0.3, -0.25) is 4.90 Å². The van der Waals surface area contributed by atoms with Crippen LogP contribution < -0.4 is 0 Å². The number of piperidine rings is 1. The minimum atomic E-state index is 0.466. The third-order valence-electron chi connectivity index (χ3n) is 7.09. The van der Waals surface area contributed by atoms with Crippen LogP contribution in [0.3, 0.4) is 0 Å². The molecule has 4 rings (SSSR count). The van der Waals surface area contributed by atoms with E-state index in [1.54, 1.807) is 0 Å². The Morgan fingerprint density at radius 3 is 1.88 bits per heavy atom. The third-order valence-corrected chi connectivity index (χ3v) is 7.09. The van der Waals surface area contributed by atoms with Gasteiger partial charge >= 0.3 is 0 Å². The van der Waals surface area contributed by atoms with Crippen molar-refractivity contribution in [2.24, 2.45) is 0 Å². The number of nitrogens with zero attached hydrogens (tertiary/aromatic N) is 2. The molecule has 0 radical (unpaired) electrons. The van der Waals surface area contributed by atoms with Crippen molar-refractivity contribution in [2.75, 3.05) is 26.2 Å². The van der Waals surface area contributed by atoms with Gasteiger partial charge in [-0.1, -0.05) is 91.0 Å². The van der Waals surface area contributed by atoms with Crippen molar-refractivity contribution in [3.8, 4) is 0 Å². The summed E-state index contributed by atoms with van der Waals surface area (Å²) in [5, 5.41) is 0. The fourth-order valence-corrected chi connectivity index (χ4v) is 5.13. The summed E-state index contributed by atoms with van der Waals surface area (Å²) < 4.78 is 0. The summed E-state index contributed by atoms with van der Waals surface area (Å²) in [6, 6.07) is 34.1. The number of aryl methyl sites for hydroxylation is 1. The number of hydrogen-bond acceptors (Lipinski definition) is 2. The molecule has 1 unspecified atom stereocenters. The fraction of sp³-hybridized carbons (Fsp3) is 0.400. The summed E-state index contributed by atoms with van der Waals surface area (Å²) in [6.45, 7) is 7.18. The molecule has 3 aromatic carbocycles. The average molecular weight is 427 g/mol. The van der Waals surface area contributed by atoms with Gasteiger partial charge in [-0.2, -0.15) is 0 Å². The lowest BCUT2D eigenvalue weighted by atomic mass is 9.97. The zero-order chi connectivity index (χ0) is 22.0. The van der Waals surface area contributed by atoms with Crippen LogP contribution in [0.4, 0.5) is 0 Å². The van der Waals surface area contributed by atoms with Crippen LogP contribution >= 0.6 is 0 Å². The summed E-state index contributed by atoms with van der Waals surface area (Å²) >= 11 is 0. The first kappa shape index (κ1) is 22.8. The second-order valence-corrected chi connectivity index (χ2v) is 9.22. The Morgan fingerprint density at radius 2 is 1.28 bits per heavy atom. The largest absolute Gasteiger partial charge is 0.303 e. The van der Waals surface area contributed by atoms with Crippen LogP contribution in [0, 0.1) is 0 Å². The van der Waals surface area contributed by atoms with Crippen molar-refractivity contribution in [1.82, 2.24) is 9.80 Å². The Balaban J connectivity index is 1.34. The van der Waals surface area contributed by atoms with Crippen LogP contribution in [0.5, 0.6) is 0 Å². The maximum Gasteiger partial charge on any atom is 0.0322 e. The highest BCUT2D eigenvalue weighted by atomic mass is 15.2. The van der Waals surface area contributed by atoms with Crippen molar-refractivity contribution in [3.63, 3.8) is 0 Å². The van der Waals surface area contributed by atoms with E-state index in [9.17, 15) is 0 Å². The Bertz CT molecular complexity index is 886. The van der Waals surface area contributed by atoms with E-state index in [1.807, 2.05) is 0 Å². The summed E-state index contributed by atoms with van der Waals surface area (Å²) in [6.07, 6.45) is 6.09. The molecule has 1 atom stereocenters. The van der Waals surface area contributed by atoms with Crippen LogP contribution in [-0.4, -0.2) is 42.0 Å². The molecule has 0 saturated carbocycles. The minimum absolute atomic E-state index is 0.466. The SMILES string of the molecule is CC(c1ccccc1)N(CCCc1ccccc1)C1CCN(CCc2ccccc2)CC1. The molecule has 3 aromatic rings. The van der Waals surface area contributed by atoms with Gasteiger partial charge in [0.2, 0.25) is 0 Å². The van der Waals surface area contributed by atoms with Gasteiger partial charge in [0.05, 0.1) is 0 Å². The third kappa shape index (κ3) is 6.54. The number of rotatable bonds is 10. The maximum absolute atomic E-state index is 2.80. The predicted octanol–water partition coefficient (Wildman–Crippen LogP) is 6.39. The van der Waals surface area contributed by atoms with Crippen LogP contribution in [0.15, 0.2) is 91.0 Å². The van der Waals surface area contributed by atoms with Gasteiger partial charge in [0, 0.05) is 18.6 Å². The molecule has 1 saturated heterocycles. The lowest BCUT2D eigenvalue weighted by Crippen LogP contribution is -2.46. The topological polar surface area (TPSA) is 6.48 Å². The number of hydrogen-bond donors (Lipinski definition) is 0. The van der Waals surface area contributed by atoms with Gasteiger partial charge in [-0.15, -0.1) is 0 Å². The van der Waals surface area contributed by atoms with Gasteiger partial charge in [-0.05, 0) is 75.4 Å². The summed E-state index contributed by atoms with van der Waals surface area (Å²) in [5.74, 6) is 0. The van der Waals surface area contributed by atoms with E-state index < -0.39 is 0 Å². The molecule has 32 heavy (non-hydrogen) atoms. The second-order valence-electron chi connectivity index (χ2n) is 9.22. The molecule has 0 aliphatic carbocycles. The normalized spacial score (nSPS) is 16.3. The van der Waals surface area contributed by atoms with Gasteiger partial charge in [0.15, 0.2) is 0 Å². The molecule has 0 aromatic heterocycles. The molecule has 0 spiro atoms. The molecule has 1 fully saturated rings. The lowest BCUT2D eigenvalue weighted by Gasteiger charge is -2.42. The van der Waals surface area contributed by atoms with Gasteiger partial charge in [0.1, 0.15) is 0 Å². The van der Waals surface area contributed by atoms with E-state index in [2.05, 4.69) is 108 Å². The van der Waals surface area contributed by atoms with E-state index in [0.717, 1.165) is 12.8 Å². The van der Waals surface area contributed by atoms with Crippen molar-refractivity contribution >= 4 is 0 Å². The maximum atomic E-state index is 2.80. The van der Waals surface area contributed by atoms with E-state index in [1.165, 1.54) is 62.1 Å². The molecular formula is C30H38N2. The standard InChI is InChI=1S/C30H38N2/c1-26(29-17-9-4-10-18-29)32(22-11-16-27-12-5-2-6-13-27)30-20-24-31(25-21-30)23-19-28-14-7-3-8-15-28/h2-10,12-15,17-18,26,30H,11,16,19-25H2,1H3. The molecule has 1 heterocycles. The monoisotopic (exact) mass is 426 g/mol. The van der Waals surface area contributed by atoms with Crippen molar-refractivity contribution < 1.29 is 0 Å². The van der Waals surface area contributed by atoms with Gasteiger partial charge < -0.3 is 4.90 Å². The molecule has 0 N–H and O–H groups in total. The van der Waals surface area contributed by atoms with E-state index in [4.69, 9.17) is 0 Å². The Labute approximate surface area is 194 Å². The van der Waals surface area contributed by atoms with Crippen LogP contribution in [0.1, 0.15) is 48.9 Å². The Kier molecular flexibility index (Phi) is 8.53. The van der Waals surface area contributed by atoms with E-state index in [-0.39, 0.29) is 0 Å². The second kappa shape index (κ2) is 12.0. The fourth-order valence-electron chi connectivity index (χ4n) is 5.13. The zero-order valence-electron chi connectivity index (χ0n) is 19.6. The van der Waals surface area contributed by atoms with Crippen LogP contribution in [0.25, 0.3) is 0 Å². The zero-order valence-corrected chi connectivity index (χ0v) is 19.6. The Morgan fingerprint density at radius 1 is 0.750 bits per heavy atom. The molecule has 1 aliphatic heterocycles. The Hall–Kier alpha value is -2.42.